The monoisotopic (exact) mass is 195 g/mol. The van der Waals surface area contributed by atoms with Gasteiger partial charge in [0.2, 0.25) is 0 Å². The predicted molar refractivity (Wildman–Crippen MR) is 51.2 cm³/mol. The second-order valence-electron chi connectivity index (χ2n) is 4.64. The molecule has 0 amide bonds. The minimum Gasteiger partial charge on any atom is -0.380 e. The van der Waals surface area contributed by atoms with Crippen LogP contribution in [0.5, 0.6) is 0 Å². The molecular weight excluding hydrogens is 181 g/mol. The van der Waals surface area contributed by atoms with E-state index in [9.17, 15) is 4.39 Å². The first-order valence-electron chi connectivity index (χ1n) is 5.22. The maximum atomic E-state index is 13.6. The highest BCUT2D eigenvalue weighted by Crippen LogP contribution is 2.65. The van der Waals surface area contributed by atoms with E-state index < -0.39 is 0 Å². The van der Waals surface area contributed by atoms with Crippen molar-refractivity contribution in [2.45, 2.75) is 38.0 Å². The van der Waals surface area contributed by atoms with Gasteiger partial charge >= 0.3 is 0 Å². The van der Waals surface area contributed by atoms with E-state index in [1.165, 1.54) is 25.7 Å². The highest BCUT2D eigenvalue weighted by atomic mass is 19.1. The van der Waals surface area contributed by atoms with Gasteiger partial charge in [-0.2, -0.15) is 5.10 Å². The first-order chi connectivity index (χ1) is 6.73. The quantitative estimate of drug-likeness (QED) is 0.721. The van der Waals surface area contributed by atoms with Crippen LogP contribution in [-0.4, -0.2) is 10.2 Å². The zero-order chi connectivity index (χ0) is 9.76. The largest absolute Gasteiger partial charge is 0.380 e. The highest BCUT2D eigenvalue weighted by molar-refractivity contribution is 5.35. The minimum absolute atomic E-state index is 0.0164. The number of aromatic amines is 1. The Bertz CT molecular complexity index is 367. The van der Waals surface area contributed by atoms with Crippen LogP contribution < -0.4 is 5.73 Å². The van der Waals surface area contributed by atoms with Gasteiger partial charge in [0.15, 0.2) is 11.6 Å². The molecule has 4 heteroatoms. The van der Waals surface area contributed by atoms with Crippen LogP contribution >= 0.6 is 0 Å². The molecule has 0 aliphatic heterocycles. The third-order valence-corrected chi connectivity index (χ3v) is 3.91. The number of H-pyrrole nitrogens is 1. The minimum atomic E-state index is -0.317. The summed E-state index contributed by atoms with van der Waals surface area (Å²) in [5.74, 6) is 0.0400. The molecule has 3 N–H and O–H groups in total. The van der Waals surface area contributed by atoms with Gasteiger partial charge in [0, 0.05) is 5.92 Å². The van der Waals surface area contributed by atoms with Crippen LogP contribution in [0.15, 0.2) is 0 Å². The lowest BCUT2D eigenvalue weighted by atomic mass is 9.90. The van der Waals surface area contributed by atoms with Crippen LogP contribution in [-0.2, 0) is 0 Å². The fourth-order valence-corrected chi connectivity index (χ4v) is 2.94. The summed E-state index contributed by atoms with van der Waals surface area (Å²) in [5, 5.41) is 6.49. The topological polar surface area (TPSA) is 54.7 Å². The summed E-state index contributed by atoms with van der Waals surface area (Å²) in [6, 6.07) is 0. The zero-order valence-electron chi connectivity index (χ0n) is 8.02. The Morgan fingerprint density at radius 1 is 1.43 bits per heavy atom. The smallest absolute Gasteiger partial charge is 0.188 e. The number of hydrogen-bond donors (Lipinski definition) is 2. The van der Waals surface area contributed by atoms with Gasteiger partial charge in [0.1, 0.15) is 0 Å². The number of nitrogens with zero attached hydrogens (tertiary/aromatic N) is 1. The molecule has 1 aromatic heterocycles. The van der Waals surface area contributed by atoms with Crippen molar-refractivity contribution in [1.82, 2.24) is 10.2 Å². The van der Waals surface area contributed by atoms with Crippen molar-refractivity contribution < 1.29 is 4.39 Å². The molecule has 2 aliphatic carbocycles. The van der Waals surface area contributed by atoms with E-state index >= 15 is 0 Å². The van der Waals surface area contributed by atoms with Crippen LogP contribution in [0.4, 0.5) is 10.2 Å². The Hall–Kier alpha value is -1.06. The third-order valence-electron chi connectivity index (χ3n) is 3.91. The van der Waals surface area contributed by atoms with Crippen molar-refractivity contribution in [2.24, 2.45) is 5.41 Å². The molecule has 2 saturated carbocycles. The second kappa shape index (κ2) is 2.49. The van der Waals surface area contributed by atoms with Crippen molar-refractivity contribution in [3.8, 4) is 0 Å². The van der Waals surface area contributed by atoms with Crippen LogP contribution in [0.3, 0.4) is 0 Å². The third kappa shape index (κ3) is 0.938. The molecule has 1 spiro atoms. The van der Waals surface area contributed by atoms with Gasteiger partial charge in [0.05, 0.1) is 5.69 Å². The molecule has 0 radical (unpaired) electrons. The number of rotatable bonds is 1. The number of halogens is 1. The fraction of sp³-hybridized carbons (Fsp3) is 0.700. The van der Waals surface area contributed by atoms with Crippen LogP contribution in [0.2, 0.25) is 0 Å². The van der Waals surface area contributed by atoms with Gasteiger partial charge in [-0.05, 0) is 31.1 Å². The summed E-state index contributed by atoms with van der Waals surface area (Å²) in [7, 11) is 0. The second-order valence-corrected chi connectivity index (χ2v) is 4.64. The van der Waals surface area contributed by atoms with E-state index in [0.717, 1.165) is 6.42 Å². The summed E-state index contributed by atoms with van der Waals surface area (Å²) in [5.41, 5.74) is 6.45. The summed E-state index contributed by atoms with van der Waals surface area (Å²) in [6.07, 6.45) is 6.03. The van der Waals surface area contributed by atoms with Crippen LogP contribution in [0.1, 0.15) is 43.7 Å². The Morgan fingerprint density at radius 3 is 2.79 bits per heavy atom. The Kier molecular flexibility index (Phi) is 1.47. The average Bonchev–Trinajstić information content (AvgIpc) is 2.71. The number of nitrogens with one attached hydrogen (secondary N) is 1. The van der Waals surface area contributed by atoms with E-state index in [2.05, 4.69) is 10.2 Å². The maximum absolute atomic E-state index is 13.6. The molecule has 3 nitrogen and oxygen atoms in total. The molecule has 0 aromatic carbocycles. The molecule has 1 atom stereocenters. The lowest BCUT2D eigenvalue weighted by molar-refractivity contribution is 0.439. The highest BCUT2D eigenvalue weighted by Gasteiger charge is 2.53. The molecule has 14 heavy (non-hydrogen) atoms. The molecule has 1 heterocycles. The molecule has 1 unspecified atom stereocenters. The molecule has 0 saturated heterocycles. The fourth-order valence-electron chi connectivity index (χ4n) is 2.94. The normalized spacial score (nSPS) is 28.5. The van der Waals surface area contributed by atoms with Crippen molar-refractivity contribution in [3.05, 3.63) is 11.5 Å². The number of nitrogen functional groups attached to an aromatic ring is 1. The van der Waals surface area contributed by atoms with Crippen molar-refractivity contribution in [2.75, 3.05) is 5.73 Å². The van der Waals surface area contributed by atoms with Gasteiger partial charge in [-0.15, -0.1) is 0 Å². The van der Waals surface area contributed by atoms with E-state index in [1.807, 2.05) is 0 Å². The van der Waals surface area contributed by atoms with Crippen molar-refractivity contribution >= 4 is 5.82 Å². The first kappa shape index (κ1) is 8.26. The van der Waals surface area contributed by atoms with Crippen molar-refractivity contribution in [1.29, 1.82) is 0 Å². The molecule has 3 rings (SSSR count). The van der Waals surface area contributed by atoms with Gasteiger partial charge in [-0.3, -0.25) is 5.10 Å². The Labute approximate surface area is 81.9 Å². The molecule has 0 bridgehead atoms. The van der Waals surface area contributed by atoms with Crippen LogP contribution in [0, 0.1) is 11.2 Å². The number of hydrogen-bond acceptors (Lipinski definition) is 2. The molecule has 2 aliphatic rings. The van der Waals surface area contributed by atoms with Crippen molar-refractivity contribution in [3.63, 3.8) is 0 Å². The zero-order valence-corrected chi connectivity index (χ0v) is 8.02. The number of aromatic nitrogens is 2. The summed E-state index contributed by atoms with van der Waals surface area (Å²) >= 11 is 0. The van der Waals surface area contributed by atoms with Gasteiger partial charge in [-0.25, -0.2) is 4.39 Å². The van der Waals surface area contributed by atoms with Gasteiger partial charge in [0.25, 0.3) is 0 Å². The molecule has 76 valence electrons. The summed E-state index contributed by atoms with van der Waals surface area (Å²) in [6.45, 7) is 0. The lowest BCUT2D eigenvalue weighted by Gasteiger charge is -2.16. The maximum Gasteiger partial charge on any atom is 0.188 e. The van der Waals surface area contributed by atoms with Gasteiger partial charge < -0.3 is 5.73 Å². The van der Waals surface area contributed by atoms with E-state index in [0.29, 0.717) is 17.0 Å². The van der Waals surface area contributed by atoms with Gasteiger partial charge in [-0.1, -0.05) is 6.42 Å². The van der Waals surface area contributed by atoms with E-state index in [-0.39, 0.29) is 11.6 Å². The predicted octanol–water partition coefficient (Wildman–Crippen LogP) is 2.18. The standard InChI is InChI=1S/C10H14FN3/c11-7-8(13-14-9(7)12)6-2-1-3-10(6)4-5-10/h6H,1-5H2,(H3,12,13,14). The lowest BCUT2D eigenvalue weighted by Crippen LogP contribution is -2.08. The molecule has 2 fully saturated rings. The Balaban J connectivity index is 1.98. The van der Waals surface area contributed by atoms with E-state index in [1.54, 1.807) is 0 Å². The SMILES string of the molecule is Nc1n[nH]c(C2CCCC23CC3)c1F. The number of nitrogens with two attached hydrogens (primary N) is 1. The summed E-state index contributed by atoms with van der Waals surface area (Å²) < 4.78 is 13.6. The Morgan fingerprint density at radius 2 is 2.21 bits per heavy atom. The number of anilines is 1. The van der Waals surface area contributed by atoms with Crippen LogP contribution in [0.25, 0.3) is 0 Å². The molecule has 1 aromatic rings. The molecular formula is C10H14FN3. The average molecular weight is 195 g/mol. The summed E-state index contributed by atoms with van der Waals surface area (Å²) in [4.78, 5) is 0. The first-order valence-corrected chi connectivity index (χ1v) is 5.22. The van der Waals surface area contributed by atoms with E-state index in [4.69, 9.17) is 5.73 Å².